The molecule has 0 aliphatic heterocycles. The molecule has 0 unspecified atom stereocenters. The van der Waals surface area contributed by atoms with Crippen LogP contribution in [0.4, 0.5) is 0 Å². The van der Waals surface area contributed by atoms with Crippen molar-refractivity contribution in [2.24, 2.45) is 11.6 Å². The second-order valence-electron chi connectivity index (χ2n) is 4.84. The van der Waals surface area contributed by atoms with Crippen molar-refractivity contribution in [1.29, 1.82) is 0 Å². The molecule has 2 aromatic heterocycles. The molecule has 0 saturated heterocycles. The molecule has 0 amide bonds. The third-order valence-corrected chi connectivity index (χ3v) is 3.28. The van der Waals surface area contributed by atoms with Crippen LogP contribution in [0.15, 0.2) is 61.1 Å². The number of nitrogens with one attached hydrogen (secondary N) is 1. The van der Waals surface area contributed by atoms with Crippen molar-refractivity contribution in [3.05, 3.63) is 72.2 Å². The van der Waals surface area contributed by atoms with Gasteiger partial charge in [0.1, 0.15) is 5.65 Å². The van der Waals surface area contributed by atoms with Gasteiger partial charge in [-0.1, -0.05) is 30.3 Å². The van der Waals surface area contributed by atoms with Crippen LogP contribution in [0.5, 0.6) is 0 Å². The minimum Gasteiger partial charge on any atom is -0.397 e. The van der Waals surface area contributed by atoms with Crippen LogP contribution in [0.3, 0.4) is 0 Å². The third kappa shape index (κ3) is 2.88. The summed E-state index contributed by atoms with van der Waals surface area (Å²) in [7, 11) is 0. The Labute approximate surface area is 122 Å². The highest BCUT2D eigenvalue weighted by atomic mass is 15.4. The zero-order valence-electron chi connectivity index (χ0n) is 11.5. The van der Waals surface area contributed by atoms with Crippen LogP contribution in [-0.2, 0) is 6.54 Å². The van der Waals surface area contributed by atoms with E-state index in [0.29, 0.717) is 12.2 Å². The van der Waals surface area contributed by atoms with E-state index >= 15 is 0 Å². The molecule has 3 aromatic rings. The first-order valence-electron chi connectivity index (χ1n) is 6.69. The fourth-order valence-electron chi connectivity index (χ4n) is 2.30. The molecule has 1 aromatic carbocycles. The van der Waals surface area contributed by atoms with Crippen LogP contribution in [0.25, 0.3) is 16.7 Å². The summed E-state index contributed by atoms with van der Waals surface area (Å²) in [6, 6.07) is 13.9. The van der Waals surface area contributed by atoms with Crippen LogP contribution in [-0.4, -0.2) is 15.0 Å². The van der Waals surface area contributed by atoms with Crippen molar-refractivity contribution in [1.82, 2.24) is 15.0 Å². The number of hydrazine groups is 1. The molecule has 5 heteroatoms. The van der Waals surface area contributed by atoms with Crippen molar-refractivity contribution in [2.45, 2.75) is 6.54 Å². The van der Waals surface area contributed by atoms with Gasteiger partial charge in [-0.2, -0.15) is 0 Å². The molecule has 21 heavy (non-hydrogen) atoms. The normalized spacial score (nSPS) is 11.8. The van der Waals surface area contributed by atoms with E-state index in [1.54, 1.807) is 17.4 Å². The van der Waals surface area contributed by atoms with Crippen LogP contribution >= 0.6 is 0 Å². The minimum absolute atomic E-state index is 0.600. The lowest BCUT2D eigenvalue weighted by Gasteiger charge is -2.15. The van der Waals surface area contributed by atoms with Crippen LogP contribution in [0.1, 0.15) is 11.1 Å². The molecule has 5 N–H and O–H groups in total. The van der Waals surface area contributed by atoms with E-state index in [1.165, 1.54) is 0 Å². The Bertz CT molecular complexity index is 760. The topological polar surface area (TPSA) is 84.0 Å². The fourth-order valence-corrected chi connectivity index (χ4v) is 2.30. The van der Waals surface area contributed by atoms with E-state index in [2.05, 4.69) is 9.97 Å². The predicted molar refractivity (Wildman–Crippen MR) is 84.4 cm³/mol. The van der Waals surface area contributed by atoms with Gasteiger partial charge in [-0.3, -0.25) is 0 Å². The van der Waals surface area contributed by atoms with Gasteiger partial charge in [0.2, 0.25) is 0 Å². The molecule has 0 spiro atoms. The van der Waals surface area contributed by atoms with Gasteiger partial charge < -0.3 is 15.7 Å². The fraction of sp³-hybridized carbons (Fsp3) is 0.0625. The number of nitrogens with two attached hydrogens (primary N) is 2. The molecule has 0 saturated carbocycles. The predicted octanol–water partition coefficient (Wildman–Crippen LogP) is 2.20. The largest absolute Gasteiger partial charge is 0.397 e. The van der Waals surface area contributed by atoms with E-state index in [0.717, 1.165) is 22.2 Å². The van der Waals surface area contributed by atoms with Crippen LogP contribution < -0.4 is 11.6 Å². The number of aromatic nitrogens is 2. The third-order valence-electron chi connectivity index (χ3n) is 3.28. The highest BCUT2D eigenvalue weighted by Gasteiger charge is 2.06. The van der Waals surface area contributed by atoms with Gasteiger partial charge in [-0.25, -0.2) is 10.8 Å². The van der Waals surface area contributed by atoms with Gasteiger partial charge in [0.15, 0.2) is 0 Å². The molecule has 0 radical (unpaired) electrons. The van der Waals surface area contributed by atoms with Crippen molar-refractivity contribution in [2.75, 3.05) is 0 Å². The number of aromatic amines is 1. The minimum atomic E-state index is 0.600. The maximum absolute atomic E-state index is 6.17. The Balaban J connectivity index is 1.84. The molecule has 2 heterocycles. The van der Waals surface area contributed by atoms with E-state index in [4.69, 9.17) is 11.6 Å². The molecule has 0 aliphatic carbocycles. The standard InChI is InChI=1S/C16H17N5/c17-15(11-21(18)10-12-4-2-1-3-5-12)13-6-8-19-16-14(13)7-9-20-16/h1-9,11H,10,17-18H2,(H,19,20)/b15-11-. The van der Waals surface area contributed by atoms with E-state index < -0.39 is 0 Å². The van der Waals surface area contributed by atoms with Gasteiger partial charge >= 0.3 is 0 Å². The lowest BCUT2D eigenvalue weighted by molar-refractivity contribution is 0.388. The van der Waals surface area contributed by atoms with Crippen molar-refractivity contribution in [3.63, 3.8) is 0 Å². The number of hydrogen-bond acceptors (Lipinski definition) is 4. The molecular formula is C16H17N5. The average molecular weight is 279 g/mol. The molecule has 0 fully saturated rings. The second kappa shape index (κ2) is 5.68. The lowest BCUT2D eigenvalue weighted by Crippen LogP contribution is -2.25. The highest BCUT2D eigenvalue weighted by Crippen LogP contribution is 2.20. The maximum Gasteiger partial charge on any atom is 0.137 e. The zero-order chi connectivity index (χ0) is 14.7. The van der Waals surface area contributed by atoms with Crippen molar-refractivity contribution < 1.29 is 0 Å². The monoisotopic (exact) mass is 279 g/mol. The molecule has 0 bridgehead atoms. The zero-order valence-corrected chi connectivity index (χ0v) is 11.5. The molecule has 0 atom stereocenters. The first kappa shape index (κ1) is 13.2. The number of hydrogen-bond donors (Lipinski definition) is 3. The maximum atomic E-state index is 6.17. The summed E-state index contributed by atoms with van der Waals surface area (Å²) in [6.07, 6.45) is 5.32. The first-order valence-corrected chi connectivity index (χ1v) is 6.69. The van der Waals surface area contributed by atoms with Gasteiger partial charge in [0.05, 0.1) is 12.2 Å². The van der Waals surface area contributed by atoms with Crippen LogP contribution in [0.2, 0.25) is 0 Å². The highest BCUT2D eigenvalue weighted by molar-refractivity contribution is 5.88. The number of rotatable bonds is 4. The van der Waals surface area contributed by atoms with Gasteiger partial charge in [-0.05, 0) is 17.7 Å². The summed E-state index contributed by atoms with van der Waals surface area (Å²) in [4.78, 5) is 7.32. The number of benzene rings is 1. The average Bonchev–Trinajstić information content (AvgIpc) is 2.96. The molecular weight excluding hydrogens is 262 g/mol. The summed E-state index contributed by atoms with van der Waals surface area (Å²) in [6.45, 7) is 0.600. The Hall–Kier alpha value is -2.79. The first-order chi connectivity index (χ1) is 10.2. The summed E-state index contributed by atoms with van der Waals surface area (Å²) >= 11 is 0. The number of H-pyrrole nitrogens is 1. The Morgan fingerprint density at radius 1 is 1.19 bits per heavy atom. The Kier molecular flexibility index (Phi) is 3.57. The number of nitrogens with zero attached hydrogens (tertiary/aromatic N) is 2. The molecule has 106 valence electrons. The molecule has 5 nitrogen and oxygen atoms in total. The summed E-state index contributed by atoms with van der Waals surface area (Å²) in [5.74, 6) is 6.02. The molecule has 0 aliphatic rings. The van der Waals surface area contributed by atoms with Crippen molar-refractivity contribution in [3.8, 4) is 0 Å². The number of fused-ring (bicyclic) bond motifs is 1. The summed E-state index contributed by atoms with van der Waals surface area (Å²) in [5.41, 5.74) is 9.65. The van der Waals surface area contributed by atoms with Gasteiger partial charge in [0.25, 0.3) is 0 Å². The Morgan fingerprint density at radius 3 is 2.81 bits per heavy atom. The Morgan fingerprint density at radius 2 is 2.00 bits per heavy atom. The van der Waals surface area contributed by atoms with E-state index in [-0.39, 0.29) is 0 Å². The quantitative estimate of drug-likeness (QED) is 0.505. The number of pyridine rings is 1. The van der Waals surface area contributed by atoms with E-state index in [9.17, 15) is 0 Å². The lowest BCUT2D eigenvalue weighted by atomic mass is 10.1. The summed E-state index contributed by atoms with van der Waals surface area (Å²) in [5, 5.41) is 2.57. The van der Waals surface area contributed by atoms with Gasteiger partial charge in [0, 0.05) is 29.5 Å². The van der Waals surface area contributed by atoms with Gasteiger partial charge in [-0.15, -0.1) is 0 Å². The van der Waals surface area contributed by atoms with E-state index in [1.807, 2.05) is 48.7 Å². The SMILES string of the molecule is N/C(=C\N(N)Cc1ccccc1)c1ccnc2[nH]ccc12. The summed E-state index contributed by atoms with van der Waals surface area (Å²) < 4.78 is 0. The molecule has 3 rings (SSSR count). The smallest absolute Gasteiger partial charge is 0.137 e. The van der Waals surface area contributed by atoms with Crippen LogP contribution in [0, 0.1) is 0 Å². The second-order valence-corrected chi connectivity index (χ2v) is 4.84. The van der Waals surface area contributed by atoms with Crippen molar-refractivity contribution >= 4 is 16.7 Å².